The molecule has 1 aliphatic heterocycles. The second kappa shape index (κ2) is 10.4. The summed E-state index contributed by atoms with van der Waals surface area (Å²) in [6.07, 6.45) is 1.79. The predicted octanol–water partition coefficient (Wildman–Crippen LogP) is 5.73. The van der Waals surface area contributed by atoms with Gasteiger partial charge in [-0.25, -0.2) is 14.2 Å². The first kappa shape index (κ1) is 23.3. The molecule has 0 aromatic heterocycles. The van der Waals surface area contributed by atoms with Gasteiger partial charge in [-0.05, 0) is 78.4 Å². The molecule has 0 aliphatic carbocycles. The maximum atomic E-state index is 13.0. The number of thioether (sulfide) groups is 1. The Morgan fingerprint density at radius 3 is 2.53 bits per heavy atom. The van der Waals surface area contributed by atoms with Crippen LogP contribution in [0.5, 0.6) is 5.75 Å². The second-order valence-electron chi connectivity index (χ2n) is 7.39. The van der Waals surface area contributed by atoms with Gasteiger partial charge >= 0.3 is 5.97 Å². The van der Waals surface area contributed by atoms with E-state index in [1.165, 1.54) is 36.0 Å². The van der Waals surface area contributed by atoms with E-state index in [2.05, 4.69) is 4.99 Å². The van der Waals surface area contributed by atoms with Crippen LogP contribution in [0.1, 0.15) is 28.4 Å². The number of hydrogen-bond donors (Lipinski definition) is 1. The molecule has 1 fully saturated rings. The lowest BCUT2D eigenvalue weighted by Gasteiger charge is -2.12. The molecule has 0 bridgehead atoms. The van der Waals surface area contributed by atoms with Crippen LogP contribution in [0.4, 0.5) is 10.1 Å². The number of ether oxygens (including phenoxy) is 1. The number of likely N-dealkylation sites (N-methyl/N-ethyl adjacent to an activating group) is 1. The minimum atomic E-state index is -1.03. The fraction of sp³-hybridized carbons (Fsp3) is 0.115. The number of carboxylic acid groups (broad SMARTS) is 1. The smallest absolute Gasteiger partial charge is 0.335 e. The first-order valence-corrected chi connectivity index (χ1v) is 11.4. The summed E-state index contributed by atoms with van der Waals surface area (Å²) < 4.78 is 18.7. The average Bonchev–Trinajstić information content (AvgIpc) is 3.13. The average molecular weight is 477 g/mol. The van der Waals surface area contributed by atoms with Gasteiger partial charge in [-0.2, -0.15) is 0 Å². The molecule has 3 aromatic carbocycles. The van der Waals surface area contributed by atoms with Crippen molar-refractivity contribution < 1.29 is 23.8 Å². The zero-order valence-electron chi connectivity index (χ0n) is 18.3. The van der Waals surface area contributed by atoms with Crippen molar-refractivity contribution in [2.45, 2.75) is 13.5 Å². The Kier molecular flexibility index (Phi) is 7.08. The molecule has 0 radical (unpaired) electrons. The number of hydrogen-bond acceptors (Lipinski definition) is 5. The molecular weight excluding hydrogens is 455 g/mol. The summed E-state index contributed by atoms with van der Waals surface area (Å²) in [6.45, 7) is 2.62. The van der Waals surface area contributed by atoms with Crippen LogP contribution in [-0.4, -0.2) is 33.6 Å². The van der Waals surface area contributed by atoms with Crippen LogP contribution in [0, 0.1) is 5.82 Å². The molecule has 1 amide bonds. The molecule has 3 aromatic rings. The Bertz CT molecular complexity index is 1270. The van der Waals surface area contributed by atoms with Crippen LogP contribution >= 0.6 is 11.8 Å². The van der Waals surface area contributed by atoms with Crippen LogP contribution in [0.3, 0.4) is 0 Å². The first-order chi connectivity index (χ1) is 16.4. The van der Waals surface area contributed by atoms with Crippen molar-refractivity contribution in [1.29, 1.82) is 0 Å². The van der Waals surface area contributed by atoms with E-state index in [-0.39, 0.29) is 17.3 Å². The van der Waals surface area contributed by atoms with Gasteiger partial charge in [0.1, 0.15) is 18.2 Å². The number of aromatic carboxylic acids is 1. The van der Waals surface area contributed by atoms with Gasteiger partial charge in [0.15, 0.2) is 5.17 Å². The number of rotatable bonds is 7. The number of benzene rings is 3. The van der Waals surface area contributed by atoms with Gasteiger partial charge in [-0.3, -0.25) is 9.69 Å². The van der Waals surface area contributed by atoms with E-state index in [0.717, 1.165) is 11.1 Å². The molecule has 0 unspecified atom stereocenters. The summed E-state index contributed by atoms with van der Waals surface area (Å²) >= 11 is 1.25. The number of halogens is 1. The third-order valence-corrected chi connectivity index (χ3v) is 6.03. The summed E-state index contributed by atoms with van der Waals surface area (Å²) in [7, 11) is 0. The number of carbonyl (C=O) groups is 2. The summed E-state index contributed by atoms with van der Waals surface area (Å²) in [4.78, 5) is 30.7. The van der Waals surface area contributed by atoms with Crippen molar-refractivity contribution in [3.63, 3.8) is 0 Å². The Hall–Kier alpha value is -3.91. The number of aliphatic imine (C=N–C) groups is 1. The van der Waals surface area contributed by atoms with Gasteiger partial charge in [-0.1, -0.05) is 30.3 Å². The van der Waals surface area contributed by atoms with E-state index in [4.69, 9.17) is 4.74 Å². The summed E-state index contributed by atoms with van der Waals surface area (Å²) in [6, 6.07) is 19.7. The van der Waals surface area contributed by atoms with Gasteiger partial charge in [0.05, 0.1) is 16.2 Å². The third-order valence-electron chi connectivity index (χ3n) is 5.02. The Morgan fingerprint density at radius 2 is 1.85 bits per heavy atom. The van der Waals surface area contributed by atoms with Crippen molar-refractivity contribution in [3.05, 3.63) is 100 Å². The highest BCUT2D eigenvalue weighted by Gasteiger charge is 2.32. The van der Waals surface area contributed by atoms with Crippen LogP contribution in [0.2, 0.25) is 0 Å². The molecule has 6 nitrogen and oxygen atoms in total. The minimum Gasteiger partial charge on any atom is -0.489 e. The van der Waals surface area contributed by atoms with Crippen LogP contribution in [0.25, 0.3) is 6.08 Å². The molecule has 1 heterocycles. The van der Waals surface area contributed by atoms with E-state index < -0.39 is 5.97 Å². The van der Waals surface area contributed by atoms with Crippen molar-refractivity contribution in [3.8, 4) is 5.75 Å². The van der Waals surface area contributed by atoms with Crippen molar-refractivity contribution in [1.82, 2.24) is 4.90 Å². The normalized spacial score (nSPS) is 15.8. The zero-order valence-corrected chi connectivity index (χ0v) is 19.1. The topological polar surface area (TPSA) is 79.2 Å². The largest absolute Gasteiger partial charge is 0.489 e. The highest BCUT2D eigenvalue weighted by atomic mass is 32.2. The molecule has 1 aliphatic rings. The van der Waals surface area contributed by atoms with Crippen molar-refractivity contribution in [2.75, 3.05) is 6.54 Å². The molecule has 172 valence electrons. The summed E-state index contributed by atoms with van der Waals surface area (Å²) in [5, 5.41) is 9.69. The zero-order chi connectivity index (χ0) is 24.1. The van der Waals surface area contributed by atoms with Crippen molar-refractivity contribution in [2.24, 2.45) is 4.99 Å². The molecule has 0 spiro atoms. The summed E-state index contributed by atoms with van der Waals surface area (Å²) in [5.41, 5.74) is 2.30. The Labute approximate surface area is 200 Å². The van der Waals surface area contributed by atoms with Gasteiger partial charge in [0.25, 0.3) is 5.91 Å². The van der Waals surface area contributed by atoms with Crippen molar-refractivity contribution >= 4 is 40.6 Å². The summed E-state index contributed by atoms with van der Waals surface area (Å²) in [5.74, 6) is -0.816. The molecule has 8 heteroatoms. The monoisotopic (exact) mass is 476 g/mol. The molecular formula is C26H21FN2O4S. The maximum absolute atomic E-state index is 13.0. The first-order valence-electron chi connectivity index (χ1n) is 10.5. The Morgan fingerprint density at radius 1 is 1.12 bits per heavy atom. The minimum absolute atomic E-state index is 0.136. The van der Waals surface area contributed by atoms with E-state index in [9.17, 15) is 19.1 Å². The molecule has 0 atom stereocenters. The number of nitrogens with zero attached hydrogens (tertiary/aromatic N) is 2. The molecule has 34 heavy (non-hydrogen) atoms. The number of amidine groups is 1. The van der Waals surface area contributed by atoms with Gasteiger partial charge in [0.2, 0.25) is 0 Å². The van der Waals surface area contributed by atoms with E-state index >= 15 is 0 Å². The number of carboxylic acids is 1. The van der Waals surface area contributed by atoms with Gasteiger partial charge in [-0.15, -0.1) is 0 Å². The van der Waals surface area contributed by atoms with Gasteiger partial charge < -0.3 is 9.84 Å². The molecule has 4 rings (SSSR count). The van der Waals surface area contributed by atoms with Crippen LogP contribution in [0.15, 0.2) is 82.7 Å². The highest BCUT2D eigenvalue weighted by molar-refractivity contribution is 8.18. The third kappa shape index (κ3) is 5.52. The lowest BCUT2D eigenvalue weighted by atomic mass is 10.2. The van der Waals surface area contributed by atoms with Crippen LogP contribution in [-0.2, 0) is 11.4 Å². The SMILES string of the molecule is CCN1C(=O)/C(=C/c2ccc(OCc3ccc(F)cc3)cc2)SC1=Nc1cccc(C(=O)O)c1. The quantitative estimate of drug-likeness (QED) is 0.441. The number of amides is 1. The molecule has 1 N–H and O–H groups in total. The highest BCUT2D eigenvalue weighted by Crippen LogP contribution is 2.34. The van der Waals surface area contributed by atoms with Crippen LogP contribution < -0.4 is 4.74 Å². The fourth-order valence-corrected chi connectivity index (χ4v) is 4.31. The number of carbonyl (C=O) groups excluding carboxylic acids is 1. The lowest BCUT2D eigenvalue weighted by Crippen LogP contribution is -2.28. The fourth-order valence-electron chi connectivity index (χ4n) is 3.25. The standard InChI is InChI=1S/C26H21FN2O4S/c1-2-29-24(30)23(34-26(29)28-21-5-3-4-19(15-21)25(31)32)14-17-8-12-22(13-9-17)33-16-18-6-10-20(27)11-7-18/h3-15H,2,16H2,1H3,(H,31,32)/b23-14-,28-26?. The maximum Gasteiger partial charge on any atom is 0.335 e. The van der Waals surface area contributed by atoms with E-state index in [0.29, 0.717) is 34.7 Å². The second-order valence-corrected chi connectivity index (χ2v) is 8.40. The van der Waals surface area contributed by atoms with Gasteiger partial charge in [0, 0.05) is 6.54 Å². The molecule has 1 saturated heterocycles. The van der Waals surface area contributed by atoms with E-state index in [1.54, 1.807) is 35.2 Å². The Balaban J connectivity index is 1.48. The van der Waals surface area contributed by atoms with E-state index in [1.807, 2.05) is 31.2 Å². The lowest BCUT2D eigenvalue weighted by molar-refractivity contribution is -0.122. The predicted molar refractivity (Wildman–Crippen MR) is 131 cm³/mol. The molecule has 0 saturated carbocycles.